The Bertz CT molecular complexity index is 1240. The Morgan fingerprint density at radius 2 is 1.78 bits per heavy atom. The van der Waals surface area contributed by atoms with Gasteiger partial charge >= 0.3 is 0 Å². The minimum atomic E-state index is -0.974. The smallest absolute Gasteiger partial charge is 0.289 e. The van der Waals surface area contributed by atoms with Crippen molar-refractivity contribution in [1.82, 2.24) is 20.1 Å². The lowest BCUT2D eigenvalue weighted by atomic mass is 9.95. The molecule has 1 spiro atoms. The molecule has 0 bridgehead atoms. The summed E-state index contributed by atoms with van der Waals surface area (Å²) in [7, 11) is 0. The lowest BCUT2D eigenvalue weighted by Gasteiger charge is -2.44. The number of benzene rings is 1. The van der Waals surface area contributed by atoms with Crippen molar-refractivity contribution in [3.05, 3.63) is 89.6 Å². The SMILES string of the molecule is Cc1ccccc1C(=O)N1C(C(=O)NCc2ccncc2)COC12CCN(C(=O)c1ccco1)CC2. The zero-order valence-corrected chi connectivity index (χ0v) is 20.1. The second kappa shape index (κ2) is 9.94. The molecule has 2 fully saturated rings. The lowest BCUT2D eigenvalue weighted by Crippen LogP contribution is -2.59. The summed E-state index contributed by atoms with van der Waals surface area (Å²) in [6.07, 6.45) is 5.59. The van der Waals surface area contributed by atoms with Crippen LogP contribution >= 0.6 is 0 Å². The van der Waals surface area contributed by atoms with E-state index < -0.39 is 11.8 Å². The molecule has 5 rings (SSSR count). The molecule has 2 aliphatic rings. The van der Waals surface area contributed by atoms with Crippen LogP contribution in [0, 0.1) is 6.92 Å². The van der Waals surface area contributed by atoms with Crippen LogP contribution in [0.5, 0.6) is 0 Å². The van der Waals surface area contributed by atoms with Gasteiger partial charge in [0.05, 0.1) is 12.9 Å². The Balaban J connectivity index is 1.38. The number of carbonyl (C=O) groups is 3. The molecule has 1 unspecified atom stereocenters. The zero-order chi connectivity index (χ0) is 25.1. The average Bonchev–Trinajstić information content (AvgIpc) is 3.57. The van der Waals surface area contributed by atoms with Gasteiger partial charge in [0, 0.05) is 50.4 Å². The van der Waals surface area contributed by atoms with Crippen LogP contribution in [0.2, 0.25) is 0 Å². The van der Waals surface area contributed by atoms with E-state index in [1.165, 1.54) is 6.26 Å². The van der Waals surface area contributed by atoms with E-state index in [0.29, 0.717) is 38.0 Å². The van der Waals surface area contributed by atoms with E-state index in [0.717, 1.165) is 11.1 Å². The van der Waals surface area contributed by atoms with Crippen LogP contribution in [-0.4, -0.2) is 64.0 Å². The van der Waals surface area contributed by atoms with E-state index in [4.69, 9.17) is 9.15 Å². The van der Waals surface area contributed by atoms with Gasteiger partial charge in [-0.3, -0.25) is 24.3 Å². The van der Waals surface area contributed by atoms with E-state index in [1.807, 2.05) is 37.3 Å². The molecule has 0 radical (unpaired) electrons. The summed E-state index contributed by atoms with van der Waals surface area (Å²) in [4.78, 5) is 47.3. The third-order valence-electron chi connectivity index (χ3n) is 6.94. The van der Waals surface area contributed by atoms with Gasteiger partial charge in [0.2, 0.25) is 5.91 Å². The number of hydrogen-bond donors (Lipinski definition) is 1. The van der Waals surface area contributed by atoms with E-state index in [9.17, 15) is 14.4 Å². The fourth-order valence-corrected chi connectivity index (χ4v) is 4.93. The maximum atomic E-state index is 13.9. The van der Waals surface area contributed by atoms with Gasteiger partial charge < -0.3 is 19.4 Å². The Morgan fingerprint density at radius 3 is 2.47 bits per heavy atom. The Hall–Kier alpha value is -3.98. The minimum absolute atomic E-state index is 0.0892. The van der Waals surface area contributed by atoms with Gasteiger partial charge in [-0.05, 0) is 48.4 Å². The van der Waals surface area contributed by atoms with Crippen LogP contribution in [0.4, 0.5) is 0 Å². The number of ether oxygens (including phenoxy) is 1. The number of piperidine rings is 1. The number of aromatic nitrogens is 1. The standard InChI is InChI=1S/C27H28N4O5/c1-19-5-2-3-6-21(19)25(33)31-22(24(32)29-17-20-8-12-28-13-9-20)18-36-27(31)10-14-30(15-11-27)26(34)23-7-4-16-35-23/h2-9,12-13,16,22H,10-11,14-15,17-18H2,1H3,(H,29,32). The number of amides is 3. The van der Waals surface area contributed by atoms with Gasteiger partial charge in [-0.2, -0.15) is 0 Å². The van der Waals surface area contributed by atoms with Crippen LogP contribution in [0.3, 0.4) is 0 Å². The monoisotopic (exact) mass is 488 g/mol. The number of rotatable bonds is 5. The molecule has 9 heteroatoms. The van der Waals surface area contributed by atoms with Crippen molar-refractivity contribution in [2.75, 3.05) is 19.7 Å². The number of nitrogens with zero attached hydrogens (tertiary/aromatic N) is 3. The Morgan fingerprint density at radius 1 is 1.03 bits per heavy atom. The van der Waals surface area contributed by atoms with Crippen molar-refractivity contribution in [1.29, 1.82) is 0 Å². The summed E-state index contributed by atoms with van der Waals surface area (Å²) in [6.45, 7) is 3.04. The van der Waals surface area contributed by atoms with Crippen molar-refractivity contribution < 1.29 is 23.5 Å². The lowest BCUT2D eigenvalue weighted by molar-refractivity contribution is -0.128. The predicted octanol–water partition coefficient (Wildman–Crippen LogP) is 2.77. The van der Waals surface area contributed by atoms with Gasteiger partial charge in [0.15, 0.2) is 5.76 Å². The van der Waals surface area contributed by atoms with Crippen molar-refractivity contribution in [3.8, 4) is 0 Å². The van der Waals surface area contributed by atoms with Crippen LogP contribution in [-0.2, 0) is 16.1 Å². The highest BCUT2D eigenvalue weighted by atomic mass is 16.5. The van der Waals surface area contributed by atoms with Gasteiger partial charge in [-0.1, -0.05) is 18.2 Å². The van der Waals surface area contributed by atoms with Gasteiger partial charge in [-0.15, -0.1) is 0 Å². The second-order valence-corrected chi connectivity index (χ2v) is 9.11. The summed E-state index contributed by atoms with van der Waals surface area (Å²) in [5.41, 5.74) is 1.29. The summed E-state index contributed by atoms with van der Waals surface area (Å²) < 4.78 is 11.5. The van der Waals surface area contributed by atoms with E-state index >= 15 is 0 Å². The second-order valence-electron chi connectivity index (χ2n) is 9.11. The highest BCUT2D eigenvalue weighted by Gasteiger charge is 2.54. The number of likely N-dealkylation sites (tertiary alicyclic amines) is 1. The highest BCUT2D eigenvalue weighted by Crippen LogP contribution is 2.39. The van der Waals surface area contributed by atoms with Crippen molar-refractivity contribution in [2.45, 2.75) is 38.1 Å². The van der Waals surface area contributed by atoms with E-state index in [2.05, 4.69) is 10.3 Å². The molecule has 4 heterocycles. The van der Waals surface area contributed by atoms with Gasteiger partial charge in [-0.25, -0.2) is 0 Å². The molecule has 2 saturated heterocycles. The van der Waals surface area contributed by atoms with Crippen molar-refractivity contribution in [2.24, 2.45) is 0 Å². The van der Waals surface area contributed by atoms with Crippen molar-refractivity contribution >= 4 is 17.7 Å². The number of aryl methyl sites for hydroxylation is 1. The molecule has 2 aromatic heterocycles. The maximum absolute atomic E-state index is 13.9. The molecule has 9 nitrogen and oxygen atoms in total. The fourth-order valence-electron chi connectivity index (χ4n) is 4.93. The van der Waals surface area contributed by atoms with E-state index in [-0.39, 0.29) is 30.1 Å². The molecule has 3 aromatic rings. The maximum Gasteiger partial charge on any atom is 0.289 e. The van der Waals surface area contributed by atoms with Crippen LogP contribution < -0.4 is 5.32 Å². The largest absolute Gasteiger partial charge is 0.459 e. The van der Waals surface area contributed by atoms with E-state index in [1.54, 1.807) is 40.4 Å². The first-order valence-electron chi connectivity index (χ1n) is 12.0. The van der Waals surface area contributed by atoms with Crippen molar-refractivity contribution in [3.63, 3.8) is 0 Å². The Labute approximate surface area is 209 Å². The number of furan rings is 1. The van der Waals surface area contributed by atoms with Gasteiger partial charge in [0.25, 0.3) is 11.8 Å². The molecule has 0 saturated carbocycles. The first-order chi connectivity index (χ1) is 17.5. The molecule has 2 aliphatic heterocycles. The number of carbonyl (C=O) groups excluding carboxylic acids is 3. The highest BCUT2D eigenvalue weighted by molar-refractivity contribution is 5.99. The number of pyridine rings is 1. The molecule has 1 aromatic carbocycles. The predicted molar refractivity (Wildman–Crippen MR) is 130 cm³/mol. The van der Waals surface area contributed by atoms with Crippen LogP contribution in [0.25, 0.3) is 0 Å². The van der Waals surface area contributed by atoms with Crippen LogP contribution in [0.1, 0.15) is 44.9 Å². The molecule has 186 valence electrons. The molecule has 0 aliphatic carbocycles. The molecular weight excluding hydrogens is 460 g/mol. The third-order valence-corrected chi connectivity index (χ3v) is 6.94. The number of hydrogen-bond acceptors (Lipinski definition) is 6. The quantitative estimate of drug-likeness (QED) is 0.592. The first-order valence-corrected chi connectivity index (χ1v) is 12.0. The van der Waals surface area contributed by atoms with Gasteiger partial charge in [0.1, 0.15) is 11.8 Å². The summed E-state index contributed by atoms with van der Waals surface area (Å²) in [6, 6.07) is 13.5. The molecule has 1 N–H and O–H groups in total. The summed E-state index contributed by atoms with van der Waals surface area (Å²) >= 11 is 0. The van der Waals surface area contributed by atoms with Crippen LogP contribution in [0.15, 0.2) is 71.6 Å². The normalized spacial score (nSPS) is 18.9. The third kappa shape index (κ3) is 4.49. The summed E-state index contributed by atoms with van der Waals surface area (Å²) in [5.74, 6) is -0.448. The number of nitrogens with one attached hydrogen (secondary N) is 1. The zero-order valence-electron chi connectivity index (χ0n) is 20.1. The Kier molecular flexibility index (Phi) is 6.56. The molecule has 3 amide bonds. The fraction of sp³-hybridized carbons (Fsp3) is 0.333. The topological polar surface area (TPSA) is 105 Å². The first kappa shape index (κ1) is 23.7. The molecule has 36 heavy (non-hydrogen) atoms. The minimum Gasteiger partial charge on any atom is -0.459 e. The molecule has 1 atom stereocenters. The average molecular weight is 489 g/mol. The summed E-state index contributed by atoms with van der Waals surface area (Å²) in [5, 5.41) is 2.94. The molecular formula is C27H28N4O5.